The Morgan fingerprint density at radius 3 is 2.15 bits per heavy atom. The second kappa shape index (κ2) is 13.4. The molecule has 0 amide bonds. The van der Waals surface area contributed by atoms with Crippen molar-refractivity contribution in [3.63, 3.8) is 0 Å². The highest BCUT2D eigenvalue weighted by Crippen LogP contribution is 2.32. The number of benzene rings is 2. The molecule has 10 heteroatoms. The second-order valence-electron chi connectivity index (χ2n) is 7.03. The predicted octanol–water partition coefficient (Wildman–Crippen LogP) is 4.76. The molecule has 34 heavy (non-hydrogen) atoms. The van der Waals surface area contributed by atoms with Crippen molar-refractivity contribution in [2.24, 2.45) is 0 Å². The Morgan fingerprint density at radius 2 is 1.50 bits per heavy atom. The molecule has 1 N–H and O–H groups in total. The van der Waals surface area contributed by atoms with Gasteiger partial charge in [0.25, 0.3) is 0 Å². The number of anilines is 2. The summed E-state index contributed by atoms with van der Waals surface area (Å²) in [6.07, 6.45) is -4.47. The third kappa shape index (κ3) is 9.24. The number of halogens is 3. The summed E-state index contributed by atoms with van der Waals surface area (Å²) >= 11 is 0. The number of nitrogens with one attached hydrogen (secondary N) is 1. The largest absolute Gasteiger partial charge is 0.460 e. The highest BCUT2D eigenvalue weighted by Gasteiger charge is 2.30. The van der Waals surface area contributed by atoms with Crippen LogP contribution in [0.2, 0.25) is 0 Å². The Hall–Kier alpha value is -3.37. The molecule has 2 aromatic carbocycles. The van der Waals surface area contributed by atoms with E-state index in [0.29, 0.717) is 11.3 Å². The van der Waals surface area contributed by atoms with Crippen molar-refractivity contribution in [1.29, 1.82) is 0 Å². The summed E-state index contributed by atoms with van der Waals surface area (Å²) in [4.78, 5) is 23.6. The van der Waals surface area contributed by atoms with Crippen LogP contribution >= 0.6 is 0 Å². The lowest BCUT2D eigenvalue weighted by Gasteiger charge is -2.13. The van der Waals surface area contributed by atoms with Crippen molar-refractivity contribution in [2.75, 3.05) is 45.0 Å². The molecule has 0 atom stereocenters. The monoisotopic (exact) mass is 481 g/mol. The van der Waals surface area contributed by atoms with E-state index in [4.69, 9.17) is 18.9 Å². The van der Waals surface area contributed by atoms with Crippen molar-refractivity contribution in [3.05, 3.63) is 71.8 Å². The van der Waals surface area contributed by atoms with Crippen LogP contribution in [0.1, 0.15) is 22.8 Å². The van der Waals surface area contributed by atoms with Gasteiger partial charge in [0.15, 0.2) is 0 Å². The van der Waals surface area contributed by atoms with Gasteiger partial charge in [0.1, 0.15) is 13.2 Å². The van der Waals surface area contributed by atoms with E-state index in [9.17, 15) is 22.8 Å². The number of para-hydroxylation sites is 1. The van der Waals surface area contributed by atoms with Gasteiger partial charge in [-0.1, -0.05) is 24.8 Å². The SMILES string of the molecule is C=C(C)C(=O)OCCOCCOCCOC(=O)c1ccccc1Nc1cccc(C(F)(F)F)c1. The van der Waals surface area contributed by atoms with Crippen LogP contribution in [0.5, 0.6) is 0 Å². The fourth-order valence-corrected chi connectivity index (χ4v) is 2.61. The number of carbonyl (C=O) groups excluding carboxylic acids is 2. The van der Waals surface area contributed by atoms with Crippen LogP contribution in [-0.4, -0.2) is 51.6 Å². The first-order valence-corrected chi connectivity index (χ1v) is 10.4. The van der Waals surface area contributed by atoms with Crippen molar-refractivity contribution in [3.8, 4) is 0 Å². The number of carbonyl (C=O) groups is 2. The summed E-state index contributed by atoms with van der Waals surface area (Å²) in [5.41, 5.74) is 0.187. The number of alkyl halides is 3. The van der Waals surface area contributed by atoms with Gasteiger partial charge in [0.05, 0.1) is 43.2 Å². The molecule has 184 valence electrons. The van der Waals surface area contributed by atoms with Gasteiger partial charge in [-0.15, -0.1) is 0 Å². The molecule has 0 aliphatic rings. The quantitative estimate of drug-likeness (QED) is 0.251. The summed E-state index contributed by atoms with van der Waals surface area (Å²) in [5, 5.41) is 2.83. The first-order chi connectivity index (χ1) is 16.2. The van der Waals surface area contributed by atoms with Crippen LogP contribution in [0.15, 0.2) is 60.7 Å². The molecule has 0 saturated carbocycles. The number of hydrogen-bond acceptors (Lipinski definition) is 7. The first kappa shape index (κ1) is 26.9. The van der Waals surface area contributed by atoms with E-state index in [1.807, 2.05) is 0 Å². The van der Waals surface area contributed by atoms with Crippen LogP contribution in [-0.2, 0) is 29.9 Å². The minimum atomic E-state index is -4.47. The van der Waals surface area contributed by atoms with Gasteiger partial charge < -0.3 is 24.3 Å². The maximum absolute atomic E-state index is 12.9. The fraction of sp³-hybridized carbons (Fsp3) is 0.333. The normalized spacial score (nSPS) is 11.1. The van der Waals surface area contributed by atoms with E-state index >= 15 is 0 Å². The zero-order chi connectivity index (χ0) is 25.0. The third-order valence-corrected chi connectivity index (χ3v) is 4.26. The lowest BCUT2D eigenvalue weighted by atomic mass is 10.1. The van der Waals surface area contributed by atoms with Gasteiger partial charge in [-0.3, -0.25) is 0 Å². The van der Waals surface area contributed by atoms with Crippen molar-refractivity contribution >= 4 is 23.3 Å². The summed E-state index contributed by atoms with van der Waals surface area (Å²) in [6, 6.07) is 11.0. The Balaban J connectivity index is 1.72. The minimum Gasteiger partial charge on any atom is -0.460 e. The molecule has 0 heterocycles. The van der Waals surface area contributed by atoms with E-state index in [2.05, 4.69) is 11.9 Å². The summed E-state index contributed by atoms with van der Waals surface area (Å²) in [6.45, 7) is 5.96. The van der Waals surface area contributed by atoms with Gasteiger partial charge >= 0.3 is 18.1 Å². The third-order valence-electron chi connectivity index (χ3n) is 4.26. The maximum Gasteiger partial charge on any atom is 0.416 e. The Kier molecular flexibility index (Phi) is 10.6. The summed E-state index contributed by atoms with van der Waals surface area (Å²) < 4.78 is 59.4. The number of ether oxygens (including phenoxy) is 4. The smallest absolute Gasteiger partial charge is 0.416 e. The van der Waals surface area contributed by atoms with E-state index in [1.165, 1.54) is 18.2 Å². The topological polar surface area (TPSA) is 83.1 Å². The molecular weight excluding hydrogens is 455 g/mol. The van der Waals surface area contributed by atoms with E-state index in [1.54, 1.807) is 25.1 Å². The van der Waals surface area contributed by atoms with Crippen LogP contribution in [0.25, 0.3) is 0 Å². The fourth-order valence-electron chi connectivity index (χ4n) is 2.61. The first-order valence-electron chi connectivity index (χ1n) is 10.4. The van der Waals surface area contributed by atoms with Crippen LogP contribution in [0.3, 0.4) is 0 Å². The van der Waals surface area contributed by atoms with E-state index in [0.717, 1.165) is 12.1 Å². The number of rotatable bonds is 13. The average Bonchev–Trinajstić information content (AvgIpc) is 2.80. The van der Waals surface area contributed by atoms with Crippen LogP contribution < -0.4 is 5.32 Å². The molecule has 0 radical (unpaired) electrons. The zero-order valence-corrected chi connectivity index (χ0v) is 18.7. The van der Waals surface area contributed by atoms with Crippen molar-refractivity contribution in [1.82, 2.24) is 0 Å². The average molecular weight is 481 g/mol. The van der Waals surface area contributed by atoms with Gasteiger partial charge in [0.2, 0.25) is 0 Å². The highest BCUT2D eigenvalue weighted by molar-refractivity contribution is 5.96. The molecule has 0 bridgehead atoms. The second-order valence-corrected chi connectivity index (χ2v) is 7.03. The summed E-state index contributed by atoms with van der Waals surface area (Å²) in [7, 11) is 0. The highest BCUT2D eigenvalue weighted by atomic mass is 19.4. The van der Waals surface area contributed by atoms with E-state index in [-0.39, 0.29) is 50.9 Å². The van der Waals surface area contributed by atoms with Gasteiger partial charge in [-0.25, -0.2) is 9.59 Å². The Bertz CT molecular complexity index is 977. The lowest BCUT2D eigenvalue weighted by molar-refractivity contribution is -0.140. The molecule has 0 aliphatic heterocycles. The van der Waals surface area contributed by atoms with Gasteiger partial charge in [-0.05, 0) is 37.3 Å². The molecular formula is C24H26F3NO6. The van der Waals surface area contributed by atoms with Gasteiger partial charge in [0, 0.05) is 11.3 Å². The van der Waals surface area contributed by atoms with Crippen LogP contribution in [0, 0.1) is 0 Å². The Morgan fingerprint density at radius 1 is 0.882 bits per heavy atom. The van der Waals surface area contributed by atoms with Gasteiger partial charge in [-0.2, -0.15) is 13.2 Å². The standard InChI is InChI=1S/C24H26F3NO6/c1-17(2)22(29)33-14-12-31-10-11-32-13-15-34-23(30)20-8-3-4-9-21(20)28-19-7-5-6-18(16-19)24(25,26)27/h3-9,16,28H,1,10-15H2,2H3. The Labute approximate surface area is 195 Å². The molecule has 0 aliphatic carbocycles. The number of hydrogen-bond donors (Lipinski definition) is 1. The summed E-state index contributed by atoms with van der Waals surface area (Å²) in [5.74, 6) is -1.12. The van der Waals surface area contributed by atoms with Crippen LogP contribution in [0.4, 0.5) is 24.5 Å². The molecule has 2 rings (SSSR count). The molecule has 0 fully saturated rings. The predicted molar refractivity (Wildman–Crippen MR) is 119 cm³/mol. The molecule has 2 aromatic rings. The zero-order valence-electron chi connectivity index (χ0n) is 18.7. The molecule has 0 unspecified atom stereocenters. The molecule has 0 spiro atoms. The van der Waals surface area contributed by atoms with Crippen molar-refractivity contribution < 1.29 is 41.7 Å². The molecule has 0 saturated heterocycles. The van der Waals surface area contributed by atoms with Crippen molar-refractivity contribution in [2.45, 2.75) is 13.1 Å². The lowest BCUT2D eigenvalue weighted by Crippen LogP contribution is -2.15. The minimum absolute atomic E-state index is 0.0209. The maximum atomic E-state index is 12.9. The van der Waals surface area contributed by atoms with E-state index < -0.39 is 23.7 Å². The molecule has 0 aromatic heterocycles. The number of esters is 2. The molecule has 7 nitrogen and oxygen atoms in total.